The zero-order valence-corrected chi connectivity index (χ0v) is 12.7. The van der Waals surface area contributed by atoms with Crippen LogP contribution in [0.4, 0.5) is 18.9 Å². The van der Waals surface area contributed by atoms with E-state index in [-0.39, 0.29) is 22.0 Å². The molecule has 1 unspecified atom stereocenters. The van der Waals surface area contributed by atoms with E-state index in [2.05, 4.69) is 17.5 Å². The normalized spacial score (nSPS) is 13.9. The fourth-order valence-corrected chi connectivity index (χ4v) is 1.73. The molecule has 0 bridgehead atoms. The van der Waals surface area contributed by atoms with Crippen molar-refractivity contribution in [1.29, 1.82) is 0 Å². The number of rotatable bonds is 3. The fourth-order valence-electron chi connectivity index (χ4n) is 1.55. The topological polar surface area (TPSA) is 38.0 Å². The van der Waals surface area contributed by atoms with Crippen molar-refractivity contribution in [3.05, 3.63) is 29.3 Å². The van der Waals surface area contributed by atoms with Crippen LogP contribution in [0.1, 0.15) is 38.8 Å². The van der Waals surface area contributed by atoms with Crippen LogP contribution in [0, 0.1) is 5.41 Å². The van der Waals surface area contributed by atoms with Crippen molar-refractivity contribution in [1.82, 2.24) is 0 Å². The molecule has 2 nitrogen and oxygen atoms in total. The van der Waals surface area contributed by atoms with Gasteiger partial charge in [0.1, 0.15) is 4.99 Å². The van der Waals surface area contributed by atoms with E-state index >= 15 is 0 Å². The molecule has 20 heavy (non-hydrogen) atoms. The highest BCUT2D eigenvalue weighted by atomic mass is 32.1. The van der Waals surface area contributed by atoms with Gasteiger partial charge < -0.3 is 11.1 Å². The largest absolute Gasteiger partial charge is 0.417 e. The average molecular weight is 304 g/mol. The maximum atomic E-state index is 13.0. The fraction of sp³-hybridized carbons (Fsp3) is 0.500. The molecule has 1 aromatic rings. The summed E-state index contributed by atoms with van der Waals surface area (Å²) in [6.45, 7) is 7.96. The molecule has 0 aliphatic carbocycles. The standard InChI is InChI=1S/C14H19F3N2S/c1-8(13(2,3)4)19-9-5-6-10(12(18)20)11(7-9)14(15,16)17/h5-8,19H,1-4H3,(H2,18,20). The third-order valence-corrected chi connectivity index (χ3v) is 3.49. The van der Waals surface area contributed by atoms with E-state index in [1.54, 1.807) is 6.07 Å². The Morgan fingerprint density at radius 3 is 2.20 bits per heavy atom. The second kappa shape index (κ2) is 5.60. The summed E-state index contributed by atoms with van der Waals surface area (Å²) in [6, 6.07) is 3.94. The van der Waals surface area contributed by atoms with Crippen molar-refractivity contribution < 1.29 is 13.2 Å². The molecule has 0 aromatic heterocycles. The summed E-state index contributed by atoms with van der Waals surface area (Å²) in [5.41, 5.74) is 4.72. The highest BCUT2D eigenvalue weighted by molar-refractivity contribution is 7.80. The van der Waals surface area contributed by atoms with Crippen LogP contribution < -0.4 is 11.1 Å². The lowest BCUT2D eigenvalue weighted by Crippen LogP contribution is -2.31. The van der Waals surface area contributed by atoms with Crippen LogP contribution in [0.3, 0.4) is 0 Å². The van der Waals surface area contributed by atoms with Gasteiger partial charge in [0, 0.05) is 17.3 Å². The van der Waals surface area contributed by atoms with Gasteiger partial charge in [-0.2, -0.15) is 13.2 Å². The van der Waals surface area contributed by atoms with E-state index in [4.69, 9.17) is 5.73 Å². The summed E-state index contributed by atoms with van der Waals surface area (Å²) in [6.07, 6.45) is -4.48. The Morgan fingerprint density at radius 2 is 1.80 bits per heavy atom. The van der Waals surface area contributed by atoms with Gasteiger partial charge in [0.15, 0.2) is 0 Å². The number of thiocarbonyl (C=S) groups is 1. The molecule has 1 atom stereocenters. The monoisotopic (exact) mass is 304 g/mol. The highest BCUT2D eigenvalue weighted by Crippen LogP contribution is 2.34. The summed E-state index contributed by atoms with van der Waals surface area (Å²) >= 11 is 4.67. The quantitative estimate of drug-likeness (QED) is 0.823. The van der Waals surface area contributed by atoms with Crippen LogP contribution in [-0.4, -0.2) is 11.0 Å². The second-order valence-electron chi connectivity index (χ2n) is 5.85. The number of hydrogen-bond acceptors (Lipinski definition) is 2. The molecule has 6 heteroatoms. The van der Waals surface area contributed by atoms with Crippen LogP contribution in [0.15, 0.2) is 18.2 Å². The van der Waals surface area contributed by atoms with Gasteiger partial charge in [0.25, 0.3) is 0 Å². The minimum atomic E-state index is -4.48. The Labute approximate surface area is 122 Å². The molecule has 0 fully saturated rings. The molecule has 0 heterocycles. The summed E-state index contributed by atoms with van der Waals surface area (Å²) in [4.78, 5) is -0.257. The predicted octanol–water partition coefficient (Wildman–Crippen LogP) is 4.19. The van der Waals surface area contributed by atoms with Crippen molar-refractivity contribution in [3.8, 4) is 0 Å². The van der Waals surface area contributed by atoms with Crippen molar-refractivity contribution in [2.75, 3.05) is 5.32 Å². The van der Waals surface area contributed by atoms with E-state index in [0.29, 0.717) is 5.69 Å². The highest BCUT2D eigenvalue weighted by Gasteiger charge is 2.34. The molecular weight excluding hydrogens is 285 g/mol. The van der Waals surface area contributed by atoms with E-state index in [1.165, 1.54) is 6.07 Å². The molecular formula is C14H19F3N2S. The summed E-state index contributed by atoms with van der Waals surface area (Å²) in [7, 11) is 0. The number of hydrogen-bond donors (Lipinski definition) is 2. The van der Waals surface area contributed by atoms with Gasteiger partial charge in [-0.15, -0.1) is 0 Å². The molecule has 0 aliphatic heterocycles. The van der Waals surface area contributed by atoms with Gasteiger partial charge in [-0.05, 0) is 30.5 Å². The second-order valence-corrected chi connectivity index (χ2v) is 6.29. The van der Waals surface area contributed by atoms with Crippen molar-refractivity contribution in [3.63, 3.8) is 0 Å². The molecule has 112 valence electrons. The molecule has 0 saturated carbocycles. The SMILES string of the molecule is CC(Nc1ccc(C(N)=S)c(C(F)(F)F)c1)C(C)(C)C. The molecule has 0 radical (unpaired) electrons. The first-order valence-corrected chi connectivity index (χ1v) is 6.61. The first-order valence-electron chi connectivity index (χ1n) is 6.20. The first-order chi connectivity index (χ1) is 8.93. The number of benzene rings is 1. The zero-order chi connectivity index (χ0) is 15.7. The number of nitrogens with two attached hydrogens (primary N) is 1. The van der Waals surface area contributed by atoms with Gasteiger partial charge in [-0.3, -0.25) is 0 Å². The minimum absolute atomic E-state index is 0.0132. The lowest BCUT2D eigenvalue weighted by atomic mass is 9.88. The van der Waals surface area contributed by atoms with Crippen LogP contribution >= 0.6 is 12.2 Å². The maximum Gasteiger partial charge on any atom is 0.417 e. The van der Waals surface area contributed by atoms with Crippen molar-refractivity contribution in [2.45, 2.75) is 39.9 Å². The van der Waals surface area contributed by atoms with E-state index < -0.39 is 11.7 Å². The average Bonchev–Trinajstić information content (AvgIpc) is 2.26. The van der Waals surface area contributed by atoms with Gasteiger partial charge in [-0.1, -0.05) is 33.0 Å². The molecule has 0 saturated heterocycles. The number of anilines is 1. The molecule has 0 amide bonds. The summed E-state index contributed by atoms with van der Waals surface area (Å²) < 4.78 is 39.1. The molecule has 0 spiro atoms. The molecule has 3 N–H and O–H groups in total. The maximum absolute atomic E-state index is 13.0. The van der Waals surface area contributed by atoms with E-state index in [9.17, 15) is 13.2 Å². The van der Waals surface area contributed by atoms with E-state index in [1.807, 2.05) is 27.7 Å². The minimum Gasteiger partial charge on any atom is -0.389 e. The Bertz CT molecular complexity index is 504. The van der Waals surface area contributed by atoms with Gasteiger partial charge in [0.05, 0.1) is 5.56 Å². The first kappa shape index (κ1) is 16.8. The van der Waals surface area contributed by atoms with Crippen LogP contribution in [0.25, 0.3) is 0 Å². The molecule has 1 rings (SSSR count). The number of halogens is 3. The summed E-state index contributed by atoms with van der Waals surface area (Å²) in [5.74, 6) is 0. The zero-order valence-electron chi connectivity index (χ0n) is 11.9. The Kier molecular flexibility index (Phi) is 4.69. The Hall–Kier alpha value is -1.30. The summed E-state index contributed by atoms with van der Waals surface area (Å²) in [5, 5.41) is 3.08. The number of nitrogens with one attached hydrogen (secondary N) is 1. The Morgan fingerprint density at radius 1 is 1.25 bits per heavy atom. The lowest BCUT2D eigenvalue weighted by molar-refractivity contribution is -0.137. The van der Waals surface area contributed by atoms with Crippen molar-refractivity contribution >= 4 is 22.9 Å². The lowest BCUT2D eigenvalue weighted by Gasteiger charge is -2.29. The molecule has 1 aromatic carbocycles. The van der Waals surface area contributed by atoms with Crippen LogP contribution in [0.2, 0.25) is 0 Å². The number of alkyl halides is 3. The third-order valence-electron chi connectivity index (χ3n) is 3.27. The third kappa shape index (κ3) is 4.10. The van der Waals surface area contributed by atoms with Crippen LogP contribution in [-0.2, 0) is 6.18 Å². The van der Waals surface area contributed by atoms with Gasteiger partial charge >= 0.3 is 6.18 Å². The van der Waals surface area contributed by atoms with Crippen LogP contribution in [0.5, 0.6) is 0 Å². The van der Waals surface area contributed by atoms with Gasteiger partial charge in [0.2, 0.25) is 0 Å². The predicted molar refractivity (Wildman–Crippen MR) is 79.9 cm³/mol. The van der Waals surface area contributed by atoms with Gasteiger partial charge in [-0.25, -0.2) is 0 Å². The van der Waals surface area contributed by atoms with Crippen molar-refractivity contribution in [2.24, 2.45) is 11.1 Å². The Balaban J connectivity index is 3.17. The smallest absolute Gasteiger partial charge is 0.389 e. The van der Waals surface area contributed by atoms with E-state index in [0.717, 1.165) is 6.07 Å². The molecule has 0 aliphatic rings.